The number of H-pyrrole nitrogens is 1. The highest BCUT2D eigenvalue weighted by molar-refractivity contribution is 5.30. The molecule has 3 heterocycles. The summed E-state index contributed by atoms with van der Waals surface area (Å²) in [7, 11) is 0. The van der Waals surface area contributed by atoms with E-state index in [2.05, 4.69) is 22.0 Å². The molecule has 3 N–H and O–H groups in total. The third-order valence-corrected chi connectivity index (χ3v) is 4.85. The first-order chi connectivity index (χ1) is 9.70. The number of hydrogen-bond donors (Lipinski definition) is 2. The Balaban J connectivity index is 1.62. The third-order valence-electron chi connectivity index (χ3n) is 4.85. The summed E-state index contributed by atoms with van der Waals surface area (Å²) in [6.07, 6.45) is 4.31. The second-order valence-corrected chi connectivity index (χ2v) is 6.41. The van der Waals surface area contributed by atoms with Gasteiger partial charge in [-0.2, -0.15) is 4.98 Å². The van der Waals surface area contributed by atoms with E-state index in [4.69, 9.17) is 15.5 Å². The lowest BCUT2D eigenvalue weighted by Gasteiger charge is -2.38. The van der Waals surface area contributed by atoms with E-state index < -0.39 is 0 Å². The summed E-state index contributed by atoms with van der Waals surface area (Å²) >= 11 is 0. The van der Waals surface area contributed by atoms with Crippen molar-refractivity contribution in [2.75, 3.05) is 37.7 Å². The van der Waals surface area contributed by atoms with Crippen molar-refractivity contribution in [3.8, 4) is 0 Å². The molecular formula is C14H25N5O. The van der Waals surface area contributed by atoms with Gasteiger partial charge in [0.2, 0.25) is 5.95 Å². The summed E-state index contributed by atoms with van der Waals surface area (Å²) in [6.45, 7) is 6.70. The zero-order valence-electron chi connectivity index (χ0n) is 12.3. The molecule has 0 saturated carbocycles. The average molecular weight is 279 g/mol. The molecule has 2 aliphatic heterocycles. The molecule has 3 rings (SSSR count). The molecule has 0 bridgehead atoms. The van der Waals surface area contributed by atoms with Gasteiger partial charge in [0.25, 0.3) is 0 Å². The normalized spacial score (nSPS) is 24.0. The lowest BCUT2D eigenvalue weighted by molar-refractivity contribution is 0.0836. The smallest absolute Gasteiger partial charge is 0.244 e. The summed E-state index contributed by atoms with van der Waals surface area (Å²) in [6, 6.07) is 0. The van der Waals surface area contributed by atoms with E-state index in [9.17, 15) is 0 Å². The van der Waals surface area contributed by atoms with E-state index in [1.54, 1.807) is 0 Å². The van der Waals surface area contributed by atoms with Gasteiger partial charge in [0.05, 0.1) is 0 Å². The first-order valence-corrected chi connectivity index (χ1v) is 7.65. The number of nitrogens with two attached hydrogens (primary N) is 1. The van der Waals surface area contributed by atoms with Crippen LogP contribution in [0, 0.1) is 5.41 Å². The molecule has 0 atom stereocenters. The van der Waals surface area contributed by atoms with E-state index in [-0.39, 0.29) is 5.41 Å². The number of ether oxygens (including phenoxy) is 1. The Morgan fingerprint density at radius 2 is 2.05 bits per heavy atom. The van der Waals surface area contributed by atoms with Crippen LogP contribution in [-0.4, -0.2) is 48.0 Å². The van der Waals surface area contributed by atoms with E-state index in [1.807, 2.05) is 0 Å². The van der Waals surface area contributed by atoms with Crippen molar-refractivity contribution in [3.05, 3.63) is 5.82 Å². The molecule has 0 aliphatic carbocycles. The fourth-order valence-electron chi connectivity index (χ4n) is 3.01. The van der Waals surface area contributed by atoms with Crippen molar-refractivity contribution >= 4 is 5.95 Å². The maximum atomic E-state index is 5.86. The zero-order chi connectivity index (χ0) is 14.0. The summed E-state index contributed by atoms with van der Waals surface area (Å²) in [5.74, 6) is 2.35. The summed E-state index contributed by atoms with van der Waals surface area (Å²) in [4.78, 5) is 6.98. The van der Waals surface area contributed by atoms with Gasteiger partial charge in [-0.05, 0) is 37.6 Å². The fourth-order valence-corrected chi connectivity index (χ4v) is 3.01. The maximum absolute atomic E-state index is 5.86. The Bertz CT molecular complexity index is 433. The quantitative estimate of drug-likeness (QED) is 0.871. The summed E-state index contributed by atoms with van der Waals surface area (Å²) in [5, 5.41) is 7.53. The molecule has 2 aliphatic rings. The van der Waals surface area contributed by atoms with E-state index in [0.29, 0.717) is 5.92 Å². The minimum atomic E-state index is 0.288. The van der Waals surface area contributed by atoms with Crippen molar-refractivity contribution < 1.29 is 4.74 Å². The summed E-state index contributed by atoms with van der Waals surface area (Å²) in [5.41, 5.74) is 6.14. The second-order valence-electron chi connectivity index (χ2n) is 6.41. The minimum Gasteiger partial charge on any atom is -0.381 e. The number of nitrogens with one attached hydrogen (secondary N) is 1. The van der Waals surface area contributed by atoms with Crippen LogP contribution in [-0.2, 0) is 4.74 Å². The van der Waals surface area contributed by atoms with Crippen LogP contribution < -0.4 is 10.6 Å². The molecule has 0 aromatic carbocycles. The van der Waals surface area contributed by atoms with Crippen LogP contribution in [0.2, 0.25) is 0 Å². The molecule has 2 saturated heterocycles. The van der Waals surface area contributed by atoms with Gasteiger partial charge in [-0.15, -0.1) is 5.10 Å². The molecular weight excluding hydrogens is 254 g/mol. The van der Waals surface area contributed by atoms with E-state index in [0.717, 1.165) is 70.3 Å². The molecule has 20 heavy (non-hydrogen) atoms. The molecule has 2 fully saturated rings. The fraction of sp³-hybridized carbons (Fsp3) is 0.857. The highest BCUT2D eigenvalue weighted by Gasteiger charge is 2.30. The molecule has 0 spiro atoms. The number of nitrogens with zero attached hydrogens (tertiary/aromatic N) is 3. The van der Waals surface area contributed by atoms with Crippen molar-refractivity contribution in [1.29, 1.82) is 0 Å². The first kappa shape index (κ1) is 13.8. The van der Waals surface area contributed by atoms with E-state index >= 15 is 0 Å². The van der Waals surface area contributed by atoms with Gasteiger partial charge in [0, 0.05) is 32.2 Å². The standard InChI is InChI=1S/C14H25N5O/c1-14(10-15)4-6-19(7-5-14)13-16-12(17-18-13)11-2-8-20-9-3-11/h11H,2-10,15H2,1H3,(H,16,17,18). The van der Waals surface area contributed by atoms with E-state index in [1.165, 1.54) is 0 Å². The van der Waals surface area contributed by atoms with Gasteiger partial charge in [-0.1, -0.05) is 6.92 Å². The molecule has 1 aromatic rings. The Morgan fingerprint density at radius 1 is 1.35 bits per heavy atom. The first-order valence-electron chi connectivity index (χ1n) is 7.65. The van der Waals surface area contributed by atoms with Gasteiger partial charge < -0.3 is 15.4 Å². The van der Waals surface area contributed by atoms with Crippen LogP contribution in [0.15, 0.2) is 0 Å². The van der Waals surface area contributed by atoms with Crippen LogP contribution in [0.5, 0.6) is 0 Å². The number of piperidine rings is 1. The molecule has 6 heteroatoms. The SMILES string of the molecule is CC1(CN)CCN(c2n[nH]c(C3CCOCC3)n2)CC1. The molecule has 0 amide bonds. The zero-order valence-corrected chi connectivity index (χ0v) is 12.3. The Labute approximate surface area is 120 Å². The predicted octanol–water partition coefficient (Wildman–Crippen LogP) is 1.26. The largest absolute Gasteiger partial charge is 0.381 e. The third kappa shape index (κ3) is 2.81. The van der Waals surface area contributed by atoms with Crippen LogP contribution in [0.3, 0.4) is 0 Å². The van der Waals surface area contributed by atoms with Crippen molar-refractivity contribution in [2.24, 2.45) is 11.1 Å². The highest BCUT2D eigenvalue weighted by atomic mass is 16.5. The molecule has 112 valence electrons. The van der Waals surface area contributed by atoms with Crippen molar-refractivity contribution in [3.63, 3.8) is 0 Å². The van der Waals surface area contributed by atoms with Gasteiger partial charge in [0.1, 0.15) is 5.82 Å². The lowest BCUT2D eigenvalue weighted by Crippen LogP contribution is -2.42. The average Bonchev–Trinajstić information content (AvgIpc) is 2.99. The number of hydrogen-bond acceptors (Lipinski definition) is 5. The number of aromatic nitrogens is 3. The van der Waals surface area contributed by atoms with Crippen LogP contribution in [0.25, 0.3) is 0 Å². The maximum Gasteiger partial charge on any atom is 0.244 e. The molecule has 1 aromatic heterocycles. The van der Waals surface area contributed by atoms with Gasteiger partial charge >= 0.3 is 0 Å². The summed E-state index contributed by atoms with van der Waals surface area (Å²) < 4.78 is 5.40. The second kappa shape index (κ2) is 5.69. The molecule has 6 nitrogen and oxygen atoms in total. The molecule has 0 unspecified atom stereocenters. The van der Waals surface area contributed by atoms with Crippen molar-refractivity contribution in [2.45, 2.75) is 38.5 Å². The molecule has 0 radical (unpaired) electrons. The van der Waals surface area contributed by atoms with Gasteiger partial charge in [-0.3, -0.25) is 5.10 Å². The Kier molecular flexibility index (Phi) is 3.94. The highest BCUT2D eigenvalue weighted by Crippen LogP contribution is 2.31. The number of aromatic amines is 1. The van der Waals surface area contributed by atoms with Crippen LogP contribution >= 0.6 is 0 Å². The Hall–Kier alpha value is -1.14. The predicted molar refractivity (Wildman–Crippen MR) is 77.8 cm³/mol. The lowest BCUT2D eigenvalue weighted by atomic mass is 9.81. The van der Waals surface area contributed by atoms with Gasteiger partial charge in [-0.25, -0.2) is 0 Å². The van der Waals surface area contributed by atoms with Crippen LogP contribution in [0.1, 0.15) is 44.3 Å². The van der Waals surface area contributed by atoms with Crippen LogP contribution in [0.4, 0.5) is 5.95 Å². The number of rotatable bonds is 3. The van der Waals surface area contributed by atoms with Crippen molar-refractivity contribution in [1.82, 2.24) is 15.2 Å². The number of anilines is 1. The minimum absolute atomic E-state index is 0.288. The monoisotopic (exact) mass is 279 g/mol. The Morgan fingerprint density at radius 3 is 2.70 bits per heavy atom. The topological polar surface area (TPSA) is 80.1 Å². The van der Waals surface area contributed by atoms with Gasteiger partial charge in [0.15, 0.2) is 0 Å².